The Kier molecular flexibility index (Phi) is 4.24. The summed E-state index contributed by atoms with van der Waals surface area (Å²) in [5.41, 5.74) is 0.816. The number of methoxy groups -OCH3 is 2. The predicted octanol–water partition coefficient (Wildman–Crippen LogP) is 2.30. The van der Waals surface area contributed by atoms with E-state index >= 15 is 0 Å². The molecule has 0 aliphatic rings. The van der Waals surface area contributed by atoms with Gasteiger partial charge in [-0.15, -0.1) is 0 Å². The number of anilines is 3. The fraction of sp³-hybridized carbons (Fsp3) is 0.286. The zero-order chi connectivity index (χ0) is 14.5. The number of rotatable bonds is 5. The third-order valence-corrected chi connectivity index (χ3v) is 2.78. The molecule has 20 heavy (non-hydrogen) atoms. The standard InChI is InChI=1S/C14H18N4O2/c1-18(2)14-8-13(15-9-16-14)17-11-6-5-10(19-3)7-12(11)20-4/h5-9H,1-4H3,(H,15,16,17). The highest BCUT2D eigenvalue weighted by atomic mass is 16.5. The van der Waals surface area contributed by atoms with Crippen molar-refractivity contribution in [2.75, 3.05) is 38.5 Å². The van der Waals surface area contributed by atoms with Crippen molar-refractivity contribution in [3.8, 4) is 11.5 Å². The van der Waals surface area contributed by atoms with Crippen LogP contribution in [0.1, 0.15) is 0 Å². The molecule has 0 atom stereocenters. The van der Waals surface area contributed by atoms with Gasteiger partial charge >= 0.3 is 0 Å². The summed E-state index contributed by atoms with van der Waals surface area (Å²) in [4.78, 5) is 10.3. The summed E-state index contributed by atoms with van der Waals surface area (Å²) in [5, 5.41) is 3.21. The normalized spacial score (nSPS) is 10.0. The fourth-order valence-corrected chi connectivity index (χ4v) is 1.70. The summed E-state index contributed by atoms with van der Waals surface area (Å²) in [6, 6.07) is 7.42. The molecule has 2 rings (SSSR count). The van der Waals surface area contributed by atoms with Crippen molar-refractivity contribution >= 4 is 17.3 Å². The number of benzene rings is 1. The topological polar surface area (TPSA) is 59.5 Å². The lowest BCUT2D eigenvalue weighted by Gasteiger charge is -2.14. The molecule has 0 fully saturated rings. The average molecular weight is 274 g/mol. The van der Waals surface area contributed by atoms with E-state index in [1.807, 2.05) is 43.3 Å². The van der Waals surface area contributed by atoms with Gasteiger partial charge in [-0.1, -0.05) is 0 Å². The lowest BCUT2D eigenvalue weighted by molar-refractivity contribution is 0.395. The highest BCUT2D eigenvalue weighted by molar-refractivity contribution is 5.66. The molecule has 6 nitrogen and oxygen atoms in total. The molecule has 1 heterocycles. The van der Waals surface area contributed by atoms with E-state index in [-0.39, 0.29) is 0 Å². The van der Waals surface area contributed by atoms with Crippen LogP contribution in [0.5, 0.6) is 11.5 Å². The van der Waals surface area contributed by atoms with E-state index in [9.17, 15) is 0 Å². The SMILES string of the molecule is COc1ccc(Nc2cc(N(C)C)ncn2)c(OC)c1. The van der Waals surface area contributed by atoms with Crippen LogP contribution in [-0.2, 0) is 0 Å². The van der Waals surface area contributed by atoms with Crippen molar-refractivity contribution < 1.29 is 9.47 Å². The van der Waals surface area contributed by atoms with E-state index < -0.39 is 0 Å². The van der Waals surface area contributed by atoms with E-state index in [1.165, 1.54) is 6.33 Å². The lowest BCUT2D eigenvalue weighted by atomic mass is 10.2. The summed E-state index contributed by atoms with van der Waals surface area (Å²) in [6.45, 7) is 0. The first-order chi connectivity index (χ1) is 9.63. The molecule has 0 aliphatic heterocycles. The Labute approximate surface area is 118 Å². The average Bonchev–Trinajstić information content (AvgIpc) is 2.48. The Morgan fingerprint density at radius 1 is 1.05 bits per heavy atom. The largest absolute Gasteiger partial charge is 0.497 e. The molecule has 0 saturated heterocycles. The number of nitrogens with one attached hydrogen (secondary N) is 1. The molecule has 2 aromatic rings. The third-order valence-electron chi connectivity index (χ3n) is 2.78. The maximum Gasteiger partial charge on any atom is 0.146 e. The molecule has 1 aromatic carbocycles. The number of ether oxygens (including phenoxy) is 2. The van der Waals surface area contributed by atoms with Gasteiger partial charge < -0.3 is 19.7 Å². The molecular weight excluding hydrogens is 256 g/mol. The minimum atomic E-state index is 0.689. The summed E-state index contributed by atoms with van der Waals surface area (Å²) in [6.07, 6.45) is 1.52. The van der Waals surface area contributed by atoms with Gasteiger partial charge in [-0.3, -0.25) is 0 Å². The summed E-state index contributed by atoms with van der Waals surface area (Å²) in [7, 11) is 7.10. The molecular formula is C14H18N4O2. The lowest BCUT2D eigenvalue weighted by Crippen LogP contribution is -2.11. The smallest absolute Gasteiger partial charge is 0.146 e. The Hall–Kier alpha value is -2.50. The van der Waals surface area contributed by atoms with Gasteiger partial charge in [-0.2, -0.15) is 0 Å². The second-order valence-electron chi connectivity index (χ2n) is 4.35. The fourth-order valence-electron chi connectivity index (χ4n) is 1.70. The van der Waals surface area contributed by atoms with Crippen LogP contribution >= 0.6 is 0 Å². The molecule has 0 bridgehead atoms. The molecule has 1 aromatic heterocycles. The maximum absolute atomic E-state index is 5.34. The van der Waals surface area contributed by atoms with Gasteiger partial charge in [-0.25, -0.2) is 9.97 Å². The van der Waals surface area contributed by atoms with Gasteiger partial charge in [0.2, 0.25) is 0 Å². The minimum Gasteiger partial charge on any atom is -0.497 e. The van der Waals surface area contributed by atoms with Crippen LogP contribution in [0.15, 0.2) is 30.6 Å². The summed E-state index contributed by atoms with van der Waals surface area (Å²) in [5.74, 6) is 2.96. The van der Waals surface area contributed by atoms with Gasteiger partial charge in [0.05, 0.1) is 19.9 Å². The third kappa shape index (κ3) is 3.09. The van der Waals surface area contributed by atoms with Gasteiger partial charge in [0, 0.05) is 26.2 Å². The Bertz CT molecular complexity index is 587. The first-order valence-electron chi connectivity index (χ1n) is 6.12. The zero-order valence-corrected chi connectivity index (χ0v) is 12.0. The number of aromatic nitrogens is 2. The number of nitrogens with zero attached hydrogens (tertiary/aromatic N) is 3. The molecule has 1 N–H and O–H groups in total. The van der Waals surface area contributed by atoms with E-state index in [4.69, 9.17) is 9.47 Å². The number of hydrogen-bond donors (Lipinski definition) is 1. The molecule has 0 spiro atoms. The van der Waals surface area contributed by atoms with E-state index in [0.29, 0.717) is 11.6 Å². The van der Waals surface area contributed by atoms with Crippen molar-refractivity contribution in [1.82, 2.24) is 9.97 Å². The molecule has 0 amide bonds. The monoisotopic (exact) mass is 274 g/mol. The highest BCUT2D eigenvalue weighted by Crippen LogP contribution is 2.31. The quantitative estimate of drug-likeness (QED) is 0.902. The first kappa shape index (κ1) is 13.9. The van der Waals surface area contributed by atoms with Crippen LogP contribution < -0.4 is 19.7 Å². The van der Waals surface area contributed by atoms with Crippen LogP contribution in [0, 0.1) is 0 Å². The second-order valence-corrected chi connectivity index (χ2v) is 4.35. The van der Waals surface area contributed by atoms with Crippen molar-refractivity contribution in [2.24, 2.45) is 0 Å². The van der Waals surface area contributed by atoms with E-state index in [1.54, 1.807) is 14.2 Å². The van der Waals surface area contributed by atoms with Crippen LogP contribution in [0.4, 0.5) is 17.3 Å². The van der Waals surface area contributed by atoms with Crippen LogP contribution in [0.25, 0.3) is 0 Å². The van der Waals surface area contributed by atoms with Gasteiger partial charge in [0.25, 0.3) is 0 Å². The minimum absolute atomic E-state index is 0.689. The second kappa shape index (κ2) is 6.10. The predicted molar refractivity (Wildman–Crippen MR) is 79.2 cm³/mol. The van der Waals surface area contributed by atoms with E-state index in [0.717, 1.165) is 17.3 Å². The molecule has 0 aliphatic carbocycles. The van der Waals surface area contributed by atoms with Gasteiger partial charge in [0.15, 0.2) is 0 Å². The molecule has 106 valence electrons. The highest BCUT2D eigenvalue weighted by Gasteiger charge is 2.07. The maximum atomic E-state index is 5.34. The molecule has 0 unspecified atom stereocenters. The van der Waals surface area contributed by atoms with E-state index in [2.05, 4.69) is 15.3 Å². The van der Waals surface area contributed by atoms with Crippen molar-refractivity contribution in [3.63, 3.8) is 0 Å². The molecule has 0 saturated carbocycles. The first-order valence-corrected chi connectivity index (χ1v) is 6.12. The summed E-state index contributed by atoms with van der Waals surface area (Å²) < 4.78 is 10.5. The van der Waals surface area contributed by atoms with Crippen molar-refractivity contribution in [3.05, 3.63) is 30.6 Å². The van der Waals surface area contributed by atoms with Crippen molar-refractivity contribution in [2.45, 2.75) is 0 Å². The van der Waals surface area contributed by atoms with Crippen molar-refractivity contribution in [1.29, 1.82) is 0 Å². The van der Waals surface area contributed by atoms with Gasteiger partial charge in [0.1, 0.15) is 29.5 Å². The number of hydrogen-bond acceptors (Lipinski definition) is 6. The van der Waals surface area contributed by atoms with Crippen LogP contribution in [0.2, 0.25) is 0 Å². The Balaban J connectivity index is 2.27. The molecule has 6 heteroatoms. The summed E-state index contributed by atoms with van der Waals surface area (Å²) >= 11 is 0. The zero-order valence-electron chi connectivity index (χ0n) is 12.0. The molecule has 0 radical (unpaired) electrons. The van der Waals surface area contributed by atoms with Crippen LogP contribution in [-0.4, -0.2) is 38.3 Å². The Morgan fingerprint density at radius 2 is 1.85 bits per heavy atom. The van der Waals surface area contributed by atoms with Gasteiger partial charge in [-0.05, 0) is 12.1 Å². The Morgan fingerprint density at radius 3 is 2.50 bits per heavy atom. The van der Waals surface area contributed by atoms with Crippen LogP contribution in [0.3, 0.4) is 0 Å².